The second kappa shape index (κ2) is 9.38. The van der Waals surface area contributed by atoms with E-state index in [0.29, 0.717) is 41.9 Å². The van der Waals surface area contributed by atoms with E-state index in [2.05, 4.69) is 26.0 Å². The first kappa shape index (κ1) is 22.4. The molecular weight excluding hydrogens is 412 g/mol. The van der Waals surface area contributed by atoms with Crippen LogP contribution in [0.25, 0.3) is 34.2 Å². The van der Waals surface area contributed by atoms with Gasteiger partial charge in [-0.3, -0.25) is 0 Å². The molecule has 0 amide bonds. The predicted molar refractivity (Wildman–Crippen MR) is 131 cm³/mol. The number of hydrogen-bond donors (Lipinski definition) is 2. The molecule has 0 aliphatic rings. The summed E-state index contributed by atoms with van der Waals surface area (Å²) in [6.45, 7) is 8.98. The quantitative estimate of drug-likeness (QED) is 0.431. The van der Waals surface area contributed by atoms with Crippen LogP contribution in [-0.4, -0.2) is 33.2 Å². The van der Waals surface area contributed by atoms with Gasteiger partial charge in [-0.15, -0.1) is 0 Å². The van der Waals surface area contributed by atoms with Crippen LogP contribution < -0.4 is 10.5 Å². The van der Waals surface area contributed by atoms with E-state index in [9.17, 15) is 5.11 Å². The molecule has 168 valence electrons. The molecular formula is C27H28N4O2. The molecule has 0 radical (unpaired) electrons. The van der Waals surface area contributed by atoms with Crippen LogP contribution in [0.1, 0.15) is 22.3 Å². The van der Waals surface area contributed by atoms with Crippen LogP contribution in [0, 0.1) is 27.7 Å². The van der Waals surface area contributed by atoms with Crippen molar-refractivity contribution in [3.63, 3.8) is 0 Å². The average molecular weight is 441 g/mol. The lowest BCUT2D eigenvalue weighted by Crippen LogP contribution is -2.10. The Kier molecular flexibility index (Phi) is 6.38. The molecule has 0 fully saturated rings. The van der Waals surface area contributed by atoms with E-state index < -0.39 is 0 Å². The summed E-state index contributed by atoms with van der Waals surface area (Å²) in [4.78, 5) is 14.3. The smallest absolute Gasteiger partial charge is 0.167 e. The van der Waals surface area contributed by atoms with Crippen LogP contribution in [-0.2, 0) is 0 Å². The molecule has 0 saturated heterocycles. The predicted octanol–water partition coefficient (Wildman–Crippen LogP) is 5.15. The lowest BCUT2D eigenvalue weighted by Gasteiger charge is -2.13. The Labute approximate surface area is 194 Å². The highest BCUT2D eigenvalue weighted by Crippen LogP contribution is 2.33. The number of rotatable bonds is 6. The number of aromatic hydroxyl groups is 1. The first-order valence-electron chi connectivity index (χ1n) is 10.9. The maximum Gasteiger partial charge on any atom is 0.167 e. The minimum Gasteiger partial charge on any atom is -0.507 e. The van der Waals surface area contributed by atoms with Crippen LogP contribution in [0.15, 0.2) is 54.6 Å². The molecule has 3 aromatic carbocycles. The van der Waals surface area contributed by atoms with Gasteiger partial charge in [0, 0.05) is 23.7 Å². The molecule has 0 unspecified atom stereocenters. The fourth-order valence-corrected chi connectivity index (χ4v) is 3.83. The van der Waals surface area contributed by atoms with Crippen molar-refractivity contribution in [3.8, 4) is 45.7 Å². The summed E-state index contributed by atoms with van der Waals surface area (Å²) in [5, 5.41) is 10.7. The first-order chi connectivity index (χ1) is 15.9. The van der Waals surface area contributed by atoms with Crippen LogP contribution >= 0.6 is 0 Å². The number of nitrogens with two attached hydrogens (primary N) is 1. The summed E-state index contributed by atoms with van der Waals surface area (Å²) >= 11 is 0. The summed E-state index contributed by atoms with van der Waals surface area (Å²) in [7, 11) is 0. The second-order valence-electron chi connectivity index (χ2n) is 8.26. The Morgan fingerprint density at radius 3 is 1.64 bits per heavy atom. The maximum atomic E-state index is 10.7. The highest BCUT2D eigenvalue weighted by atomic mass is 16.5. The fraction of sp³-hybridized carbons (Fsp3) is 0.222. The van der Waals surface area contributed by atoms with Gasteiger partial charge in [0.15, 0.2) is 17.5 Å². The molecule has 0 saturated carbocycles. The Balaban J connectivity index is 1.90. The number of aryl methyl sites for hydroxylation is 4. The zero-order valence-electron chi connectivity index (χ0n) is 19.4. The van der Waals surface area contributed by atoms with Crippen LogP contribution in [0.3, 0.4) is 0 Å². The van der Waals surface area contributed by atoms with E-state index in [1.807, 2.05) is 38.1 Å². The molecule has 1 heterocycles. The van der Waals surface area contributed by atoms with Gasteiger partial charge >= 0.3 is 0 Å². The normalized spacial score (nSPS) is 10.9. The molecule has 6 heteroatoms. The topological polar surface area (TPSA) is 94.2 Å². The number of phenols is 1. The standard InChI is InChI=1S/C27H28N4O2/c1-16-5-8-21(18(3)13-16)25-29-26(22-9-6-17(2)14-19(22)4)31-27(30-25)23-10-7-20(15-24(23)32)33-12-11-28/h5-10,13-15,32H,11-12,28H2,1-4H3. The van der Waals surface area contributed by atoms with Crippen molar-refractivity contribution >= 4 is 0 Å². The van der Waals surface area contributed by atoms with E-state index in [-0.39, 0.29) is 5.75 Å². The van der Waals surface area contributed by atoms with Gasteiger partial charge in [-0.25, -0.2) is 15.0 Å². The van der Waals surface area contributed by atoms with E-state index >= 15 is 0 Å². The van der Waals surface area contributed by atoms with Gasteiger partial charge < -0.3 is 15.6 Å². The molecule has 1 aromatic heterocycles. The van der Waals surface area contributed by atoms with Crippen molar-refractivity contribution < 1.29 is 9.84 Å². The third-order valence-electron chi connectivity index (χ3n) is 5.48. The summed E-state index contributed by atoms with van der Waals surface area (Å²) in [5.74, 6) is 2.11. The van der Waals surface area contributed by atoms with Crippen LogP contribution in [0.2, 0.25) is 0 Å². The number of ether oxygens (including phenoxy) is 1. The highest BCUT2D eigenvalue weighted by Gasteiger charge is 2.17. The summed E-state index contributed by atoms with van der Waals surface area (Å²) in [6.07, 6.45) is 0. The SMILES string of the molecule is Cc1ccc(-c2nc(-c3ccc(C)cc3C)nc(-c3ccc(OCCN)cc3O)n2)c(C)c1. The third kappa shape index (κ3) is 4.86. The molecule has 4 rings (SSSR count). The first-order valence-corrected chi connectivity index (χ1v) is 10.9. The molecule has 33 heavy (non-hydrogen) atoms. The van der Waals surface area contributed by atoms with Crippen molar-refractivity contribution in [2.45, 2.75) is 27.7 Å². The molecule has 6 nitrogen and oxygen atoms in total. The van der Waals surface area contributed by atoms with Crippen LogP contribution in [0.5, 0.6) is 11.5 Å². The van der Waals surface area contributed by atoms with E-state index in [1.54, 1.807) is 18.2 Å². The van der Waals surface area contributed by atoms with Crippen molar-refractivity contribution in [1.29, 1.82) is 0 Å². The monoisotopic (exact) mass is 440 g/mol. The van der Waals surface area contributed by atoms with Crippen molar-refractivity contribution in [1.82, 2.24) is 15.0 Å². The summed E-state index contributed by atoms with van der Waals surface area (Å²) in [5.41, 5.74) is 12.4. The van der Waals surface area contributed by atoms with E-state index in [1.165, 1.54) is 11.1 Å². The van der Waals surface area contributed by atoms with Crippen molar-refractivity contribution in [2.75, 3.05) is 13.2 Å². The molecule has 4 aromatic rings. The highest BCUT2D eigenvalue weighted by molar-refractivity contribution is 5.72. The Bertz CT molecular complexity index is 1250. The lowest BCUT2D eigenvalue weighted by atomic mass is 10.0. The molecule has 0 aliphatic heterocycles. The molecule has 0 bridgehead atoms. The largest absolute Gasteiger partial charge is 0.507 e. The van der Waals surface area contributed by atoms with Gasteiger partial charge in [-0.05, 0) is 51.0 Å². The minimum absolute atomic E-state index is 0.0360. The number of hydrogen-bond acceptors (Lipinski definition) is 6. The zero-order chi connectivity index (χ0) is 23.5. The Morgan fingerprint density at radius 2 is 1.18 bits per heavy atom. The number of benzene rings is 3. The molecule has 0 atom stereocenters. The van der Waals surface area contributed by atoms with Gasteiger partial charge in [0.2, 0.25) is 0 Å². The van der Waals surface area contributed by atoms with E-state index in [0.717, 1.165) is 22.3 Å². The van der Waals surface area contributed by atoms with Gasteiger partial charge in [0.25, 0.3) is 0 Å². The van der Waals surface area contributed by atoms with Crippen molar-refractivity contribution in [3.05, 3.63) is 76.9 Å². The fourth-order valence-electron chi connectivity index (χ4n) is 3.83. The Morgan fingerprint density at radius 1 is 0.697 bits per heavy atom. The van der Waals surface area contributed by atoms with Gasteiger partial charge in [0.05, 0.1) is 5.56 Å². The van der Waals surface area contributed by atoms with Crippen molar-refractivity contribution in [2.24, 2.45) is 5.73 Å². The van der Waals surface area contributed by atoms with Gasteiger partial charge in [-0.1, -0.05) is 47.5 Å². The number of nitrogens with zero attached hydrogens (tertiary/aromatic N) is 3. The average Bonchev–Trinajstić information content (AvgIpc) is 2.77. The second-order valence-corrected chi connectivity index (χ2v) is 8.26. The molecule has 3 N–H and O–H groups in total. The zero-order valence-corrected chi connectivity index (χ0v) is 19.4. The third-order valence-corrected chi connectivity index (χ3v) is 5.48. The number of aromatic nitrogens is 3. The summed E-state index contributed by atoms with van der Waals surface area (Å²) in [6, 6.07) is 17.5. The minimum atomic E-state index is 0.0360. The number of phenolic OH excluding ortho intramolecular Hbond substituents is 1. The van der Waals surface area contributed by atoms with Gasteiger partial charge in [0.1, 0.15) is 18.1 Å². The van der Waals surface area contributed by atoms with Gasteiger partial charge in [-0.2, -0.15) is 0 Å². The molecule has 0 spiro atoms. The maximum absolute atomic E-state index is 10.7. The molecule has 0 aliphatic carbocycles. The summed E-state index contributed by atoms with van der Waals surface area (Å²) < 4.78 is 5.53. The van der Waals surface area contributed by atoms with Crippen LogP contribution in [0.4, 0.5) is 0 Å². The Hall–Kier alpha value is -3.77. The van der Waals surface area contributed by atoms with E-state index in [4.69, 9.17) is 25.4 Å². The lowest BCUT2D eigenvalue weighted by molar-refractivity contribution is 0.326.